The van der Waals surface area contributed by atoms with Crippen LogP contribution < -0.4 is 19.9 Å². The third-order valence-electron chi connectivity index (χ3n) is 5.67. The normalized spacial score (nSPS) is 10.5. The molecule has 0 atom stereocenters. The maximum atomic E-state index is 13.3. The number of benzene rings is 2. The number of nitrogens with two attached hydrogens (primary N) is 1. The molecular weight excluding hydrogens is 522 g/mol. The van der Waals surface area contributed by atoms with E-state index in [9.17, 15) is 9.59 Å². The maximum Gasteiger partial charge on any atom is 0.344 e. The average Bonchev–Trinajstić information content (AvgIpc) is 2.87. The van der Waals surface area contributed by atoms with E-state index in [1.54, 1.807) is 54.3 Å². The van der Waals surface area contributed by atoms with Gasteiger partial charge in [0, 0.05) is 23.7 Å². The first kappa shape index (κ1) is 33.6. The van der Waals surface area contributed by atoms with Gasteiger partial charge in [-0.3, -0.25) is 10.2 Å². The molecule has 0 aliphatic carbocycles. The molecule has 9 nitrogen and oxygen atoms in total. The molecule has 0 spiro atoms. The van der Waals surface area contributed by atoms with E-state index in [1.807, 2.05) is 27.7 Å². The fourth-order valence-corrected chi connectivity index (χ4v) is 3.92. The largest absolute Gasteiger partial charge is 0.494 e. The number of nitrogens with one attached hydrogen (secondary N) is 1. The van der Waals surface area contributed by atoms with Crippen LogP contribution in [0.5, 0.6) is 17.2 Å². The van der Waals surface area contributed by atoms with Gasteiger partial charge in [-0.2, -0.15) is 0 Å². The van der Waals surface area contributed by atoms with Gasteiger partial charge >= 0.3 is 5.97 Å². The minimum atomic E-state index is -0.501. The summed E-state index contributed by atoms with van der Waals surface area (Å²) >= 11 is 0. The molecule has 2 aromatic carbocycles. The van der Waals surface area contributed by atoms with Crippen LogP contribution in [-0.2, 0) is 9.53 Å². The number of esters is 1. The second-order valence-corrected chi connectivity index (χ2v) is 9.35. The highest BCUT2D eigenvalue weighted by atomic mass is 35.5. The Bertz CT molecular complexity index is 1050. The van der Waals surface area contributed by atoms with Crippen molar-refractivity contribution in [2.75, 3.05) is 26.4 Å². The van der Waals surface area contributed by atoms with Crippen molar-refractivity contribution in [3.05, 3.63) is 53.6 Å². The van der Waals surface area contributed by atoms with E-state index in [1.165, 1.54) is 0 Å². The highest BCUT2D eigenvalue weighted by molar-refractivity contribution is 5.97. The molecule has 0 bridgehead atoms. The lowest BCUT2D eigenvalue weighted by molar-refractivity contribution is -0.145. The minimum absolute atomic E-state index is 0. The summed E-state index contributed by atoms with van der Waals surface area (Å²) in [6, 6.07) is 12.2. The highest BCUT2D eigenvalue weighted by Gasteiger charge is 2.25. The molecule has 216 valence electrons. The van der Waals surface area contributed by atoms with Crippen LogP contribution in [0.15, 0.2) is 42.5 Å². The van der Waals surface area contributed by atoms with Crippen LogP contribution in [0.2, 0.25) is 0 Å². The zero-order chi connectivity index (χ0) is 28.1. The SMILES string of the molecule is CCOC(=O)COc1cc(OCCCCCOc2ccc(C(=N)N)cc2)ccc1C(=O)N(C(C)C)C(C)C.Cl. The Morgan fingerprint density at radius 1 is 0.872 bits per heavy atom. The summed E-state index contributed by atoms with van der Waals surface area (Å²) in [5, 5.41) is 7.42. The lowest BCUT2D eigenvalue weighted by atomic mass is 10.1. The second-order valence-electron chi connectivity index (χ2n) is 9.35. The van der Waals surface area contributed by atoms with Crippen molar-refractivity contribution < 1.29 is 28.5 Å². The van der Waals surface area contributed by atoms with E-state index in [-0.39, 0.29) is 55.2 Å². The molecule has 2 rings (SSSR count). The number of nitrogens with zero attached hydrogens (tertiary/aromatic N) is 1. The van der Waals surface area contributed by atoms with Gasteiger partial charge in [0.15, 0.2) is 6.61 Å². The van der Waals surface area contributed by atoms with Crippen molar-refractivity contribution in [1.82, 2.24) is 4.90 Å². The summed E-state index contributed by atoms with van der Waals surface area (Å²) in [7, 11) is 0. The van der Waals surface area contributed by atoms with Gasteiger partial charge in [-0.15, -0.1) is 12.4 Å². The van der Waals surface area contributed by atoms with Gasteiger partial charge in [-0.05, 0) is 90.3 Å². The van der Waals surface area contributed by atoms with E-state index >= 15 is 0 Å². The van der Waals surface area contributed by atoms with E-state index in [0.29, 0.717) is 30.1 Å². The number of halogens is 1. The smallest absolute Gasteiger partial charge is 0.344 e. The monoisotopic (exact) mass is 563 g/mol. The van der Waals surface area contributed by atoms with Crippen molar-refractivity contribution in [3.8, 4) is 17.2 Å². The van der Waals surface area contributed by atoms with Crippen molar-refractivity contribution >= 4 is 30.1 Å². The molecule has 0 aromatic heterocycles. The topological polar surface area (TPSA) is 124 Å². The molecule has 0 aliphatic rings. The quantitative estimate of drug-likeness (QED) is 0.124. The Labute approximate surface area is 237 Å². The van der Waals surface area contributed by atoms with Gasteiger partial charge in [0.2, 0.25) is 0 Å². The number of ether oxygens (including phenoxy) is 4. The van der Waals surface area contributed by atoms with Crippen molar-refractivity contribution in [3.63, 3.8) is 0 Å². The molecule has 0 heterocycles. The predicted octanol–water partition coefficient (Wildman–Crippen LogP) is 5.22. The first-order valence-electron chi connectivity index (χ1n) is 13.1. The first-order chi connectivity index (χ1) is 18.1. The molecular formula is C29H42ClN3O6. The van der Waals surface area contributed by atoms with Crippen LogP contribution in [0, 0.1) is 5.41 Å². The summed E-state index contributed by atoms with van der Waals surface area (Å²) in [5.41, 5.74) is 6.50. The Balaban J connectivity index is 0.00000760. The Kier molecular flexibility index (Phi) is 14.8. The molecule has 10 heteroatoms. The highest BCUT2D eigenvalue weighted by Crippen LogP contribution is 2.28. The third kappa shape index (κ3) is 11.0. The van der Waals surface area contributed by atoms with Crippen LogP contribution in [0.3, 0.4) is 0 Å². The number of amidine groups is 1. The molecule has 0 saturated carbocycles. The van der Waals surface area contributed by atoms with Gasteiger partial charge in [-0.1, -0.05) is 0 Å². The molecule has 0 radical (unpaired) electrons. The van der Waals surface area contributed by atoms with Gasteiger partial charge in [0.05, 0.1) is 25.4 Å². The molecule has 0 saturated heterocycles. The zero-order valence-corrected chi connectivity index (χ0v) is 24.3. The Morgan fingerprint density at radius 2 is 1.44 bits per heavy atom. The number of carbonyl (C=O) groups is 2. The number of carbonyl (C=O) groups excluding carboxylic acids is 2. The average molecular weight is 564 g/mol. The third-order valence-corrected chi connectivity index (χ3v) is 5.67. The molecule has 0 fully saturated rings. The molecule has 39 heavy (non-hydrogen) atoms. The molecule has 1 amide bonds. The fourth-order valence-electron chi connectivity index (χ4n) is 3.92. The van der Waals surface area contributed by atoms with Gasteiger partial charge in [0.1, 0.15) is 23.1 Å². The number of hydrogen-bond acceptors (Lipinski definition) is 7. The summed E-state index contributed by atoms with van der Waals surface area (Å²) in [4.78, 5) is 26.9. The number of rotatable bonds is 16. The molecule has 0 unspecified atom stereocenters. The summed E-state index contributed by atoms with van der Waals surface area (Å²) < 4.78 is 22.3. The van der Waals surface area contributed by atoms with E-state index < -0.39 is 5.97 Å². The summed E-state index contributed by atoms with van der Waals surface area (Å²) in [6.45, 7) is 10.6. The van der Waals surface area contributed by atoms with Crippen LogP contribution in [0.25, 0.3) is 0 Å². The van der Waals surface area contributed by atoms with Crippen LogP contribution >= 0.6 is 12.4 Å². The molecule has 3 N–H and O–H groups in total. The van der Waals surface area contributed by atoms with Crippen molar-refractivity contribution in [2.45, 2.75) is 66.0 Å². The predicted molar refractivity (Wildman–Crippen MR) is 155 cm³/mol. The minimum Gasteiger partial charge on any atom is -0.494 e. The van der Waals surface area contributed by atoms with Gasteiger partial charge < -0.3 is 29.6 Å². The van der Waals surface area contributed by atoms with Crippen LogP contribution in [0.4, 0.5) is 0 Å². The van der Waals surface area contributed by atoms with Crippen molar-refractivity contribution in [1.29, 1.82) is 5.41 Å². The van der Waals surface area contributed by atoms with Crippen LogP contribution in [0.1, 0.15) is 69.8 Å². The maximum absolute atomic E-state index is 13.3. The summed E-state index contributed by atoms with van der Waals surface area (Å²) in [5.74, 6) is 0.947. The van der Waals surface area contributed by atoms with Gasteiger partial charge in [0.25, 0.3) is 5.91 Å². The Hall–Kier alpha value is -3.46. The lowest BCUT2D eigenvalue weighted by Crippen LogP contribution is -2.42. The second kappa shape index (κ2) is 17.2. The number of nitrogen functional groups attached to an aromatic ring is 1. The lowest BCUT2D eigenvalue weighted by Gasteiger charge is -2.31. The van der Waals surface area contributed by atoms with E-state index in [2.05, 4.69) is 0 Å². The first-order valence-corrected chi connectivity index (χ1v) is 13.1. The standard InChI is InChI=1S/C29H41N3O6.ClH/c1-6-35-27(33)19-38-26-18-24(14-15-25(26)29(34)32(20(2)3)21(4)5)37-17-9-7-8-16-36-23-12-10-22(11-13-23)28(30)31;/h10-15,18,20-21H,6-9,16-17,19H2,1-5H3,(H3,30,31);1H. The van der Waals surface area contributed by atoms with E-state index in [0.717, 1.165) is 25.0 Å². The van der Waals surface area contributed by atoms with Gasteiger partial charge in [-0.25, -0.2) is 4.79 Å². The Morgan fingerprint density at radius 3 is 1.97 bits per heavy atom. The molecule has 2 aromatic rings. The number of amides is 1. The number of hydrogen-bond donors (Lipinski definition) is 2. The zero-order valence-electron chi connectivity index (χ0n) is 23.5. The van der Waals surface area contributed by atoms with E-state index in [4.69, 9.17) is 30.1 Å². The molecule has 0 aliphatic heterocycles. The van der Waals surface area contributed by atoms with Crippen molar-refractivity contribution in [2.24, 2.45) is 5.73 Å². The fraction of sp³-hybridized carbons (Fsp3) is 0.483. The number of unbranched alkanes of at least 4 members (excludes halogenated alkanes) is 2. The van der Waals surface area contributed by atoms with Crippen LogP contribution in [-0.4, -0.2) is 61.1 Å². The summed E-state index contributed by atoms with van der Waals surface area (Å²) in [6.07, 6.45) is 2.59.